The summed E-state index contributed by atoms with van der Waals surface area (Å²) in [5.41, 5.74) is 10.4. The Bertz CT molecular complexity index is 1860. The molecule has 0 saturated carbocycles. The number of hydrogen-bond donors (Lipinski definition) is 0. The van der Waals surface area contributed by atoms with Crippen molar-refractivity contribution in [2.45, 2.75) is 36.0 Å². The Morgan fingerprint density at radius 2 is 1.51 bits per heavy atom. The van der Waals surface area contributed by atoms with E-state index in [1.54, 1.807) is 0 Å². The number of fused-ring (bicyclic) bond motifs is 5. The SMILES string of the molecule is Cc1ccc2c(oc3c(-c4ccc5c(c4)C(C)(C)c4ccccc4S5)cccc32)c1-c1cccc[n+]1C. The predicted octanol–water partition coefficient (Wildman–Crippen LogP) is 8.84. The third kappa shape index (κ3) is 3.30. The lowest BCUT2D eigenvalue weighted by atomic mass is 9.77. The average Bonchev–Trinajstić information content (AvgIpc) is 3.28. The monoisotopic (exact) mass is 498 g/mol. The number of furan rings is 1. The molecule has 0 radical (unpaired) electrons. The van der Waals surface area contributed by atoms with E-state index in [1.165, 1.54) is 32.0 Å². The van der Waals surface area contributed by atoms with Crippen LogP contribution >= 0.6 is 11.8 Å². The maximum absolute atomic E-state index is 6.79. The van der Waals surface area contributed by atoms with Gasteiger partial charge in [-0.15, -0.1) is 0 Å². The van der Waals surface area contributed by atoms with Crippen LogP contribution in [-0.2, 0) is 12.5 Å². The van der Waals surface area contributed by atoms with Crippen LogP contribution in [-0.4, -0.2) is 0 Å². The number of aromatic nitrogens is 1. The normalized spacial score (nSPS) is 14.1. The molecule has 6 aromatic rings. The number of benzene rings is 4. The molecule has 0 fully saturated rings. The van der Waals surface area contributed by atoms with Crippen LogP contribution in [0.1, 0.15) is 30.5 Å². The summed E-state index contributed by atoms with van der Waals surface area (Å²) in [5.74, 6) is 0. The summed E-state index contributed by atoms with van der Waals surface area (Å²) in [7, 11) is 2.09. The third-order valence-electron chi connectivity index (χ3n) is 7.93. The minimum absolute atomic E-state index is 0.0682. The minimum Gasteiger partial charge on any atom is -0.454 e. The Hall–Kier alpha value is -3.82. The zero-order valence-electron chi connectivity index (χ0n) is 21.5. The maximum Gasteiger partial charge on any atom is 0.216 e. The maximum atomic E-state index is 6.79. The summed E-state index contributed by atoms with van der Waals surface area (Å²) in [5, 5.41) is 2.31. The fourth-order valence-electron chi connectivity index (χ4n) is 5.90. The fourth-order valence-corrected chi connectivity index (χ4v) is 7.28. The van der Waals surface area contributed by atoms with Crippen molar-refractivity contribution < 1.29 is 8.98 Å². The molecule has 180 valence electrons. The van der Waals surface area contributed by atoms with Crippen molar-refractivity contribution in [2.24, 2.45) is 7.05 Å². The Labute approximate surface area is 221 Å². The summed E-state index contributed by atoms with van der Waals surface area (Å²) < 4.78 is 8.96. The predicted molar refractivity (Wildman–Crippen MR) is 153 cm³/mol. The summed E-state index contributed by atoms with van der Waals surface area (Å²) >= 11 is 1.87. The van der Waals surface area contributed by atoms with E-state index >= 15 is 0 Å². The molecule has 0 atom stereocenters. The topological polar surface area (TPSA) is 17.0 Å². The number of pyridine rings is 1. The van der Waals surface area contributed by atoms with Crippen LogP contribution in [0, 0.1) is 6.92 Å². The first-order valence-corrected chi connectivity index (χ1v) is 13.6. The average molecular weight is 499 g/mol. The summed E-state index contributed by atoms with van der Waals surface area (Å²) in [6.45, 7) is 6.84. The van der Waals surface area contributed by atoms with Crippen molar-refractivity contribution >= 4 is 33.7 Å². The molecule has 0 amide bonds. The van der Waals surface area contributed by atoms with Gasteiger partial charge in [0.15, 0.2) is 6.20 Å². The van der Waals surface area contributed by atoms with Gasteiger partial charge < -0.3 is 4.42 Å². The van der Waals surface area contributed by atoms with E-state index in [9.17, 15) is 0 Å². The lowest BCUT2D eigenvalue weighted by molar-refractivity contribution is -0.660. The van der Waals surface area contributed by atoms with Crippen LogP contribution in [0.15, 0.2) is 111 Å². The Balaban J connectivity index is 1.45. The highest BCUT2D eigenvalue weighted by Gasteiger charge is 2.33. The molecular weight excluding hydrogens is 470 g/mol. The van der Waals surface area contributed by atoms with Crippen molar-refractivity contribution in [3.8, 4) is 22.4 Å². The zero-order valence-corrected chi connectivity index (χ0v) is 22.3. The molecule has 0 N–H and O–H groups in total. The van der Waals surface area contributed by atoms with Gasteiger partial charge in [0, 0.05) is 43.7 Å². The first-order chi connectivity index (χ1) is 17.9. The van der Waals surface area contributed by atoms with Gasteiger partial charge in [0.1, 0.15) is 18.2 Å². The molecule has 0 unspecified atom stereocenters. The molecule has 4 aromatic carbocycles. The second-order valence-electron chi connectivity index (χ2n) is 10.5. The highest BCUT2D eigenvalue weighted by atomic mass is 32.2. The number of para-hydroxylation sites is 1. The quantitative estimate of drug-likeness (QED) is 0.222. The van der Waals surface area contributed by atoms with Crippen LogP contribution in [0.2, 0.25) is 0 Å². The van der Waals surface area contributed by atoms with Gasteiger partial charge in [-0.2, -0.15) is 0 Å². The van der Waals surface area contributed by atoms with Gasteiger partial charge >= 0.3 is 0 Å². The molecule has 3 heteroatoms. The number of nitrogens with zero attached hydrogens (tertiary/aromatic N) is 1. The molecule has 1 aliphatic rings. The van der Waals surface area contributed by atoms with Crippen molar-refractivity contribution in [3.05, 3.63) is 114 Å². The van der Waals surface area contributed by atoms with Gasteiger partial charge in [0.05, 0.1) is 5.56 Å². The summed E-state index contributed by atoms with van der Waals surface area (Å²) in [6.07, 6.45) is 2.09. The largest absolute Gasteiger partial charge is 0.454 e. The van der Waals surface area contributed by atoms with Crippen molar-refractivity contribution in [1.29, 1.82) is 0 Å². The molecule has 0 bridgehead atoms. The van der Waals surface area contributed by atoms with E-state index < -0.39 is 0 Å². The van der Waals surface area contributed by atoms with Gasteiger partial charge in [0.25, 0.3) is 0 Å². The molecule has 7 rings (SSSR count). The van der Waals surface area contributed by atoms with Gasteiger partial charge in [-0.1, -0.05) is 80.2 Å². The Morgan fingerprint density at radius 3 is 2.38 bits per heavy atom. The minimum atomic E-state index is -0.0682. The fraction of sp³-hybridized carbons (Fsp3) is 0.147. The van der Waals surface area contributed by atoms with Crippen LogP contribution in [0.5, 0.6) is 0 Å². The molecule has 2 aromatic heterocycles. The van der Waals surface area contributed by atoms with E-state index in [4.69, 9.17) is 4.42 Å². The van der Waals surface area contributed by atoms with Crippen LogP contribution in [0.3, 0.4) is 0 Å². The van der Waals surface area contributed by atoms with Crippen LogP contribution < -0.4 is 4.57 Å². The van der Waals surface area contributed by atoms with E-state index in [-0.39, 0.29) is 5.41 Å². The molecule has 1 aliphatic heterocycles. The van der Waals surface area contributed by atoms with Gasteiger partial charge in [-0.3, -0.25) is 0 Å². The van der Waals surface area contributed by atoms with Crippen molar-refractivity contribution in [1.82, 2.24) is 0 Å². The van der Waals surface area contributed by atoms with E-state index in [0.29, 0.717) is 0 Å². The van der Waals surface area contributed by atoms with Gasteiger partial charge in [-0.05, 0) is 53.4 Å². The first-order valence-electron chi connectivity index (χ1n) is 12.8. The third-order valence-corrected chi connectivity index (χ3v) is 9.08. The van der Waals surface area contributed by atoms with Crippen molar-refractivity contribution in [3.63, 3.8) is 0 Å². The zero-order chi connectivity index (χ0) is 25.3. The van der Waals surface area contributed by atoms with E-state index in [1.807, 2.05) is 11.8 Å². The molecule has 0 aliphatic carbocycles. The van der Waals surface area contributed by atoms with Crippen LogP contribution in [0.25, 0.3) is 44.3 Å². The number of rotatable bonds is 2. The van der Waals surface area contributed by atoms with E-state index in [2.05, 4.69) is 130 Å². The summed E-state index contributed by atoms with van der Waals surface area (Å²) in [6, 6.07) is 33.0. The molecule has 0 spiro atoms. The molecule has 3 heterocycles. The van der Waals surface area contributed by atoms with E-state index in [0.717, 1.165) is 38.8 Å². The lowest BCUT2D eigenvalue weighted by Gasteiger charge is -2.34. The number of aryl methyl sites for hydroxylation is 2. The second kappa shape index (κ2) is 8.09. The Morgan fingerprint density at radius 1 is 0.730 bits per heavy atom. The highest BCUT2D eigenvalue weighted by Crippen LogP contribution is 2.50. The molecule has 2 nitrogen and oxygen atoms in total. The van der Waals surface area contributed by atoms with Gasteiger partial charge in [-0.25, -0.2) is 4.57 Å². The lowest BCUT2D eigenvalue weighted by Crippen LogP contribution is -2.30. The molecule has 0 saturated heterocycles. The highest BCUT2D eigenvalue weighted by molar-refractivity contribution is 7.99. The first kappa shape index (κ1) is 22.4. The standard InChI is InChI=1S/C34H28NOS/c1-21-15-17-25-24-11-9-10-23(32(24)36-33(25)31(21)28-13-7-8-19-35(28)4)22-16-18-30-27(20-22)34(2,3)26-12-5-6-14-29(26)37-30/h5-20H,1-4H3/q+1. The van der Waals surface area contributed by atoms with Gasteiger partial charge in [0.2, 0.25) is 5.69 Å². The van der Waals surface area contributed by atoms with Crippen LogP contribution in [0.4, 0.5) is 0 Å². The second-order valence-corrected chi connectivity index (χ2v) is 11.6. The Kier molecular flexibility index (Phi) is 4.90. The summed E-state index contributed by atoms with van der Waals surface area (Å²) in [4.78, 5) is 2.68. The smallest absolute Gasteiger partial charge is 0.216 e. The van der Waals surface area contributed by atoms with Crippen molar-refractivity contribution in [2.75, 3.05) is 0 Å². The number of hydrogen-bond acceptors (Lipinski definition) is 2. The molecule has 37 heavy (non-hydrogen) atoms. The molecular formula is C34H28NOS+.